The maximum absolute atomic E-state index is 9.48. The quantitative estimate of drug-likeness (QED) is 0.884. The van der Waals surface area contributed by atoms with Crippen molar-refractivity contribution in [2.24, 2.45) is 5.41 Å². The summed E-state index contributed by atoms with van der Waals surface area (Å²) >= 11 is 0. The third-order valence-corrected chi connectivity index (χ3v) is 4.05. The van der Waals surface area contributed by atoms with Gasteiger partial charge in [-0.3, -0.25) is 0 Å². The molecule has 1 N–H and O–H groups in total. The Morgan fingerprint density at radius 1 is 1.26 bits per heavy atom. The lowest BCUT2D eigenvalue weighted by atomic mass is 9.63. The van der Waals surface area contributed by atoms with E-state index >= 15 is 0 Å². The average molecular weight is 260 g/mol. The number of benzene rings is 1. The van der Waals surface area contributed by atoms with Crippen LogP contribution in [0.15, 0.2) is 18.2 Å². The van der Waals surface area contributed by atoms with Gasteiger partial charge in [-0.2, -0.15) is 5.26 Å². The first-order valence-corrected chi connectivity index (χ1v) is 6.51. The Hall–Kier alpha value is -1.73. The lowest BCUT2D eigenvalue weighted by molar-refractivity contribution is 0.149. The standard InChI is InChI=1S/C15H20N2O2/c1-17-14(15(10-16)7-4-8-15)11-5-6-12(18-2)13(9-11)19-3/h5-6,9,14,17H,4,7-8H2,1-3H3. The fraction of sp³-hybridized carbons (Fsp3) is 0.533. The SMILES string of the molecule is CNC(c1ccc(OC)c(OC)c1)C1(C#N)CCC1. The van der Waals surface area contributed by atoms with Gasteiger partial charge in [-0.25, -0.2) is 0 Å². The molecule has 0 aromatic heterocycles. The smallest absolute Gasteiger partial charge is 0.161 e. The highest BCUT2D eigenvalue weighted by molar-refractivity contribution is 5.44. The van der Waals surface area contributed by atoms with Gasteiger partial charge in [0.25, 0.3) is 0 Å². The molecule has 0 bridgehead atoms. The third-order valence-electron chi connectivity index (χ3n) is 4.05. The molecule has 4 nitrogen and oxygen atoms in total. The van der Waals surface area contributed by atoms with Crippen LogP contribution in [0.3, 0.4) is 0 Å². The number of ether oxygens (including phenoxy) is 2. The van der Waals surface area contributed by atoms with Crippen molar-refractivity contribution in [1.82, 2.24) is 5.32 Å². The van der Waals surface area contributed by atoms with Crippen molar-refractivity contribution in [3.63, 3.8) is 0 Å². The first kappa shape index (κ1) is 13.7. The molecule has 2 rings (SSSR count). The van der Waals surface area contributed by atoms with Crippen molar-refractivity contribution < 1.29 is 9.47 Å². The van der Waals surface area contributed by atoms with E-state index in [9.17, 15) is 5.26 Å². The molecule has 0 saturated heterocycles. The van der Waals surface area contributed by atoms with Crippen LogP contribution in [0.5, 0.6) is 11.5 Å². The number of rotatable bonds is 5. The van der Waals surface area contributed by atoms with Gasteiger partial charge in [-0.1, -0.05) is 12.5 Å². The summed E-state index contributed by atoms with van der Waals surface area (Å²) in [6.07, 6.45) is 3.02. The van der Waals surface area contributed by atoms with Gasteiger partial charge in [0, 0.05) is 0 Å². The summed E-state index contributed by atoms with van der Waals surface area (Å²) < 4.78 is 10.6. The Balaban J connectivity index is 2.36. The molecule has 0 radical (unpaired) electrons. The number of hydrogen-bond acceptors (Lipinski definition) is 4. The van der Waals surface area contributed by atoms with Gasteiger partial charge in [0.05, 0.1) is 31.7 Å². The second-order valence-electron chi connectivity index (χ2n) is 4.96. The van der Waals surface area contributed by atoms with Crippen LogP contribution in [0.4, 0.5) is 0 Å². The molecule has 0 heterocycles. The molecule has 0 amide bonds. The minimum atomic E-state index is -0.283. The summed E-state index contributed by atoms with van der Waals surface area (Å²) in [7, 11) is 5.15. The van der Waals surface area contributed by atoms with Gasteiger partial charge in [-0.05, 0) is 37.6 Å². The number of methoxy groups -OCH3 is 2. The summed E-state index contributed by atoms with van der Waals surface area (Å²) in [5, 5.41) is 12.8. The van der Waals surface area contributed by atoms with E-state index in [1.807, 2.05) is 25.2 Å². The van der Waals surface area contributed by atoms with Crippen LogP contribution in [-0.2, 0) is 0 Å². The van der Waals surface area contributed by atoms with Crippen LogP contribution in [0.2, 0.25) is 0 Å². The van der Waals surface area contributed by atoms with Gasteiger partial charge in [0.2, 0.25) is 0 Å². The fourth-order valence-electron chi connectivity index (χ4n) is 2.82. The first-order chi connectivity index (χ1) is 9.20. The Morgan fingerprint density at radius 2 is 1.95 bits per heavy atom. The molecule has 1 aromatic carbocycles. The van der Waals surface area contributed by atoms with Crippen LogP contribution < -0.4 is 14.8 Å². The largest absolute Gasteiger partial charge is 0.493 e. The molecule has 1 aliphatic carbocycles. The summed E-state index contributed by atoms with van der Waals surface area (Å²) in [6.45, 7) is 0. The third kappa shape index (κ3) is 2.26. The monoisotopic (exact) mass is 260 g/mol. The van der Waals surface area contributed by atoms with E-state index in [1.165, 1.54) is 0 Å². The lowest BCUT2D eigenvalue weighted by Gasteiger charge is -2.42. The van der Waals surface area contributed by atoms with Crippen molar-refractivity contribution in [3.8, 4) is 17.6 Å². The van der Waals surface area contributed by atoms with E-state index in [-0.39, 0.29) is 11.5 Å². The van der Waals surface area contributed by atoms with E-state index < -0.39 is 0 Å². The molecule has 0 aliphatic heterocycles. The molecular weight excluding hydrogens is 240 g/mol. The molecule has 102 valence electrons. The summed E-state index contributed by atoms with van der Waals surface area (Å²) in [5.41, 5.74) is 0.787. The predicted octanol–water partition coefficient (Wildman–Crippen LogP) is 2.66. The maximum Gasteiger partial charge on any atom is 0.161 e. The fourth-order valence-corrected chi connectivity index (χ4v) is 2.82. The second-order valence-corrected chi connectivity index (χ2v) is 4.96. The Bertz CT molecular complexity index is 489. The van der Waals surface area contributed by atoms with Crippen LogP contribution in [0.25, 0.3) is 0 Å². The van der Waals surface area contributed by atoms with Crippen molar-refractivity contribution in [2.45, 2.75) is 25.3 Å². The minimum Gasteiger partial charge on any atom is -0.493 e. The molecule has 1 fully saturated rings. The normalized spacial score (nSPS) is 18.0. The maximum atomic E-state index is 9.48. The van der Waals surface area contributed by atoms with Crippen LogP contribution in [0.1, 0.15) is 30.9 Å². The molecule has 1 atom stereocenters. The molecule has 1 saturated carbocycles. The summed E-state index contributed by atoms with van der Waals surface area (Å²) in [5.74, 6) is 1.41. The van der Waals surface area contributed by atoms with E-state index in [1.54, 1.807) is 14.2 Å². The molecule has 1 aliphatic rings. The molecule has 1 unspecified atom stereocenters. The number of hydrogen-bond donors (Lipinski definition) is 1. The highest BCUT2D eigenvalue weighted by atomic mass is 16.5. The molecule has 19 heavy (non-hydrogen) atoms. The molecule has 0 spiro atoms. The zero-order chi connectivity index (χ0) is 13.9. The van der Waals surface area contributed by atoms with Crippen LogP contribution >= 0.6 is 0 Å². The van der Waals surface area contributed by atoms with E-state index in [2.05, 4.69) is 11.4 Å². The zero-order valence-corrected chi connectivity index (χ0v) is 11.7. The van der Waals surface area contributed by atoms with E-state index in [0.29, 0.717) is 11.5 Å². The van der Waals surface area contributed by atoms with Crippen molar-refractivity contribution in [1.29, 1.82) is 5.26 Å². The van der Waals surface area contributed by atoms with Gasteiger partial charge in [-0.15, -0.1) is 0 Å². The van der Waals surface area contributed by atoms with Crippen LogP contribution in [-0.4, -0.2) is 21.3 Å². The lowest BCUT2D eigenvalue weighted by Crippen LogP contribution is -2.40. The second kappa shape index (κ2) is 5.50. The average Bonchev–Trinajstić information content (AvgIpc) is 2.42. The number of nitrogens with zero attached hydrogens (tertiary/aromatic N) is 1. The Morgan fingerprint density at radius 3 is 2.37 bits per heavy atom. The minimum absolute atomic E-state index is 0.0334. The van der Waals surface area contributed by atoms with Gasteiger partial charge < -0.3 is 14.8 Å². The van der Waals surface area contributed by atoms with Crippen molar-refractivity contribution in [3.05, 3.63) is 23.8 Å². The number of nitrogens with one attached hydrogen (secondary N) is 1. The molecule has 1 aromatic rings. The zero-order valence-electron chi connectivity index (χ0n) is 11.7. The Kier molecular flexibility index (Phi) is 3.96. The predicted molar refractivity (Wildman–Crippen MR) is 73.2 cm³/mol. The Labute approximate surface area is 114 Å². The summed E-state index contributed by atoms with van der Waals surface area (Å²) in [4.78, 5) is 0. The van der Waals surface area contributed by atoms with E-state index in [4.69, 9.17) is 9.47 Å². The van der Waals surface area contributed by atoms with Crippen molar-refractivity contribution in [2.75, 3.05) is 21.3 Å². The highest BCUT2D eigenvalue weighted by Gasteiger charge is 2.44. The highest BCUT2D eigenvalue weighted by Crippen LogP contribution is 2.50. The van der Waals surface area contributed by atoms with E-state index in [0.717, 1.165) is 24.8 Å². The van der Waals surface area contributed by atoms with Crippen molar-refractivity contribution >= 4 is 0 Å². The molecule has 4 heteroatoms. The first-order valence-electron chi connectivity index (χ1n) is 6.51. The van der Waals surface area contributed by atoms with Gasteiger partial charge >= 0.3 is 0 Å². The molecular formula is C15H20N2O2. The van der Waals surface area contributed by atoms with Gasteiger partial charge in [0.15, 0.2) is 11.5 Å². The number of nitriles is 1. The summed E-state index contributed by atoms with van der Waals surface area (Å²) in [6, 6.07) is 8.38. The van der Waals surface area contributed by atoms with Crippen LogP contribution in [0, 0.1) is 16.7 Å². The van der Waals surface area contributed by atoms with Gasteiger partial charge in [0.1, 0.15) is 0 Å². The topological polar surface area (TPSA) is 54.3 Å².